The van der Waals surface area contributed by atoms with Crippen molar-refractivity contribution in [3.05, 3.63) is 53.6 Å². The monoisotopic (exact) mass is 339 g/mol. The third-order valence-electron chi connectivity index (χ3n) is 4.45. The number of aryl methyl sites for hydroxylation is 2. The van der Waals surface area contributed by atoms with Gasteiger partial charge in [0, 0.05) is 0 Å². The SMILES string of the molecule is CCOc1ccccc1NC(=O)[C@H](C)Oc1ccc2c(c1)CCCC2. The first kappa shape index (κ1) is 17.3. The summed E-state index contributed by atoms with van der Waals surface area (Å²) in [5, 5.41) is 2.89. The maximum Gasteiger partial charge on any atom is 0.265 e. The minimum atomic E-state index is -0.587. The highest BCUT2D eigenvalue weighted by Gasteiger charge is 2.18. The van der Waals surface area contributed by atoms with Gasteiger partial charge in [-0.2, -0.15) is 0 Å². The van der Waals surface area contributed by atoms with Gasteiger partial charge in [-0.15, -0.1) is 0 Å². The Morgan fingerprint density at radius 3 is 2.68 bits per heavy atom. The lowest BCUT2D eigenvalue weighted by molar-refractivity contribution is -0.122. The van der Waals surface area contributed by atoms with E-state index >= 15 is 0 Å². The van der Waals surface area contributed by atoms with E-state index in [-0.39, 0.29) is 5.91 Å². The number of nitrogens with one attached hydrogen (secondary N) is 1. The van der Waals surface area contributed by atoms with Crippen LogP contribution in [0.4, 0.5) is 5.69 Å². The van der Waals surface area contributed by atoms with E-state index < -0.39 is 6.10 Å². The van der Waals surface area contributed by atoms with Crippen LogP contribution in [-0.4, -0.2) is 18.6 Å². The molecule has 0 spiro atoms. The number of carbonyl (C=O) groups excluding carboxylic acids is 1. The molecule has 0 saturated heterocycles. The van der Waals surface area contributed by atoms with Gasteiger partial charge in [0.1, 0.15) is 11.5 Å². The van der Waals surface area contributed by atoms with Crippen LogP contribution in [0.2, 0.25) is 0 Å². The van der Waals surface area contributed by atoms with Gasteiger partial charge in [-0.3, -0.25) is 4.79 Å². The summed E-state index contributed by atoms with van der Waals surface area (Å²) in [6.07, 6.45) is 4.12. The van der Waals surface area contributed by atoms with Crippen LogP contribution in [0.25, 0.3) is 0 Å². The molecule has 2 aromatic rings. The first-order valence-electron chi connectivity index (χ1n) is 8.98. The summed E-state index contributed by atoms with van der Waals surface area (Å²) in [6, 6.07) is 13.6. The molecule has 0 saturated carbocycles. The van der Waals surface area contributed by atoms with Gasteiger partial charge in [0.15, 0.2) is 6.10 Å². The second-order valence-corrected chi connectivity index (χ2v) is 6.32. The highest BCUT2D eigenvalue weighted by Crippen LogP contribution is 2.27. The highest BCUT2D eigenvalue weighted by molar-refractivity contribution is 5.95. The van der Waals surface area contributed by atoms with Crippen molar-refractivity contribution in [3.63, 3.8) is 0 Å². The zero-order chi connectivity index (χ0) is 17.6. The smallest absolute Gasteiger partial charge is 0.265 e. The number of hydrogen-bond acceptors (Lipinski definition) is 3. The number of carbonyl (C=O) groups is 1. The van der Waals surface area contributed by atoms with E-state index in [9.17, 15) is 4.79 Å². The molecule has 4 heteroatoms. The average molecular weight is 339 g/mol. The lowest BCUT2D eigenvalue weighted by Gasteiger charge is -2.19. The normalized spacial score (nSPS) is 14.3. The Morgan fingerprint density at radius 2 is 1.88 bits per heavy atom. The molecule has 1 aliphatic carbocycles. The van der Waals surface area contributed by atoms with E-state index in [1.807, 2.05) is 37.3 Å². The van der Waals surface area contributed by atoms with Crippen molar-refractivity contribution in [2.45, 2.75) is 45.6 Å². The third kappa shape index (κ3) is 4.32. The molecule has 0 aliphatic heterocycles. The fourth-order valence-electron chi connectivity index (χ4n) is 3.13. The van der Waals surface area contributed by atoms with Crippen molar-refractivity contribution in [2.75, 3.05) is 11.9 Å². The Bertz CT molecular complexity index is 742. The van der Waals surface area contributed by atoms with Crippen LogP contribution in [0.3, 0.4) is 0 Å². The van der Waals surface area contributed by atoms with E-state index in [0.717, 1.165) is 18.6 Å². The van der Waals surface area contributed by atoms with Gasteiger partial charge in [-0.25, -0.2) is 0 Å². The van der Waals surface area contributed by atoms with E-state index in [1.54, 1.807) is 6.92 Å². The third-order valence-corrected chi connectivity index (χ3v) is 4.45. The van der Waals surface area contributed by atoms with Gasteiger partial charge in [-0.05, 0) is 74.9 Å². The van der Waals surface area contributed by atoms with Gasteiger partial charge < -0.3 is 14.8 Å². The zero-order valence-electron chi connectivity index (χ0n) is 14.9. The van der Waals surface area contributed by atoms with Gasteiger partial charge in [-0.1, -0.05) is 18.2 Å². The maximum absolute atomic E-state index is 12.5. The Labute approximate surface area is 149 Å². The molecule has 3 rings (SSSR count). The van der Waals surface area contributed by atoms with Crippen molar-refractivity contribution in [3.8, 4) is 11.5 Å². The number of para-hydroxylation sites is 2. The lowest BCUT2D eigenvalue weighted by Crippen LogP contribution is -2.30. The molecule has 0 heterocycles. The zero-order valence-corrected chi connectivity index (χ0v) is 14.9. The van der Waals surface area contributed by atoms with Crippen LogP contribution in [0.5, 0.6) is 11.5 Å². The Kier molecular flexibility index (Phi) is 5.59. The molecule has 1 aliphatic rings. The second-order valence-electron chi connectivity index (χ2n) is 6.32. The van der Waals surface area contributed by atoms with Crippen molar-refractivity contribution in [2.24, 2.45) is 0 Å². The number of fused-ring (bicyclic) bond motifs is 1. The Morgan fingerprint density at radius 1 is 1.12 bits per heavy atom. The van der Waals surface area contributed by atoms with Crippen molar-refractivity contribution in [1.29, 1.82) is 0 Å². The van der Waals surface area contributed by atoms with Crippen LogP contribution in [0, 0.1) is 0 Å². The van der Waals surface area contributed by atoms with Crippen molar-refractivity contribution < 1.29 is 14.3 Å². The van der Waals surface area contributed by atoms with Crippen LogP contribution in [0.15, 0.2) is 42.5 Å². The molecule has 0 radical (unpaired) electrons. The number of ether oxygens (including phenoxy) is 2. The summed E-state index contributed by atoms with van der Waals surface area (Å²) in [6.45, 7) is 4.23. The Balaban J connectivity index is 1.65. The number of benzene rings is 2. The van der Waals surface area contributed by atoms with E-state index in [1.165, 1.54) is 24.0 Å². The predicted molar refractivity (Wildman–Crippen MR) is 99.4 cm³/mol. The van der Waals surface area contributed by atoms with Crippen LogP contribution >= 0.6 is 0 Å². The molecule has 25 heavy (non-hydrogen) atoms. The molecular formula is C21H25NO3. The lowest BCUT2D eigenvalue weighted by atomic mass is 9.92. The molecule has 132 valence electrons. The fraction of sp³-hybridized carbons (Fsp3) is 0.381. The quantitative estimate of drug-likeness (QED) is 0.850. The van der Waals surface area contributed by atoms with E-state index in [0.29, 0.717) is 18.0 Å². The highest BCUT2D eigenvalue weighted by atomic mass is 16.5. The van der Waals surface area contributed by atoms with Crippen LogP contribution in [-0.2, 0) is 17.6 Å². The molecule has 2 aromatic carbocycles. The van der Waals surface area contributed by atoms with Gasteiger partial charge >= 0.3 is 0 Å². The predicted octanol–water partition coefficient (Wildman–Crippen LogP) is 4.37. The number of hydrogen-bond donors (Lipinski definition) is 1. The molecule has 1 atom stereocenters. The summed E-state index contributed by atoms with van der Waals surface area (Å²) in [7, 11) is 0. The van der Waals surface area contributed by atoms with E-state index in [4.69, 9.17) is 9.47 Å². The summed E-state index contributed by atoms with van der Waals surface area (Å²) in [5.74, 6) is 1.23. The Hall–Kier alpha value is -2.49. The molecule has 1 amide bonds. The van der Waals surface area contributed by atoms with Crippen molar-refractivity contribution in [1.82, 2.24) is 0 Å². The maximum atomic E-state index is 12.5. The summed E-state index contributed by atoms with van der Waals surface area (Å²) in [5.41, 5.74) is 3.41. The molecule has 0 aromatic heterocycles. The summed E-state index contributed by atoms with van der Waals surface area (Å²) in [4.78, 5) is 12.5. The summed E-state index contributed by atoms with van der Waals surface area (Å²) >= 11 is 0. The first-order valence-corrected chi connectivity index (χ1v) is 8.98. The van der Waals surface area contributed by atoms with Gasteiger partial charge in [0.05, 0.1) is 12.3 Å². The topological polar surface area (TPSA) is 47.6 Å². The molecule has 4 nitrogen and oxygen atoms in total. The summed E-state index contributed by atoms with van der Waals surface area (Å²) < 4.78 is 11.4. The van der Waals surface area contributed by atoms with Crippen LogP contribution < -0.4 is 14.8 Å². The number of amides is 1. The van der Waals surface area contributed by atoms with Crippen molar-refractivity contribution >= 4 is 11.6 Å². The minimum Gasteiger partial charge on any atom is -0.492 e. The standard InChI is InChI=1S/C21H25NO3/c1-3-24-20-11-7-6-10-19(20)22-21(23)15(2)25-18-13-12-16-8-4-5-9-17(16)14-18/h6-7,10-15H,3-5,8-9H2,1-2H3,(H,22,23)/t15-/m0/s1. The minimum absolute atomic E-state index is 0.190. The molecule has 0 bridgehead atoms. The van der Waals surface area contributed by atoms with Crippen LogP contribution in [0.1, 0.15) is 37.8 Å². The largest absolute Gasteiger partial charge is 0.492 e. The van der Waals surface area contributed by atoms with Gasteiger partial charge in [0.25, 0.3) is 5.91 Å². The number of rotatable bonds is 6. The molecule has 0 fully saturated rings. The first-order chi connectivity index (χ1) is 12.2. The second kappa shape index (κ2) is 8.06. The molecule has 1 N–H and O–H groups in total. The number of anilines is 1. The van der Waals surface area contributed by atoms with E-state index in [2.05, 4.69) is 17.4 Å². The molecule has 0 unspecified atom stereocenters. The van der Waals surface area contributed by atoms with Gasteiger partial charge in [0.2, 0.25) is 0 Å². The fourth-order valence-corrected chi connectivity index (χ4v) is 3.13. The molecular weight excluding hydrogens is 314 g/mol. The average Bonchev–Trinajstić information content (AvgIpc) is 2.63.